The van der Waals surface area contributed by atoms with Crippen LogP contribution < -0.4 is 32.2 Å². The van der Waals surface area contributed by atoms with Crippen LogP contribution in [0, 0.1) is 20.8 Å². The van der Waals surface area contributed by atoms with Gasteiger partial charge in [-0.05, 0) is 97.4 Å². The minimum Gasteiger partial charge on any atom is -1.00 e. The Labute approximate surface area is 212 Å². The molecule has 1 aliphatic heterocycles. The fourth-order valence-electron chi connectivity index (χ4n) is 3.37. The van der Waals surface area contributed by atoms with E-state index >= 15 is 0 Å². The molecule has 4 rings (SSSR count). The van der Waals surface area contributed by atoms with Gasteiger partial charge in [0.25, 0.3) is 11.1 Å². The summed E-state index contributed by atoms with van der Waals surface area (Å²) in [5, 5.41) is 3.81. The average molecular weight is 543 g/mol. The van der Waals surface area contributed by atoms with Gasteiger partial charge in [0.15, 0.2) is 4.58 Å². The van der Waals surface area contributed by atoms with Gasteiger partial charge in [0, 0.05) is 0 Å². The second-order valence-electron chi connectivity index (χ2n) is 7.66. The Morgan fingerprint density at radius 2 is 1.55 bits per heavy atom. The molecule has 8 heteroatoms. The summed E-state index contributed by atoms with van der Waals surface area (Å²) in [6.07, 6.45) is 0. The Hall–Kier alpha value is -2.55. The van der Waals surface area contributed by atoms with E-state index in [4.69, 9.17) is 0 Å². The number of carbonyl (C=O) groups is 2. The number of hydrogen-bond acceptors (Lipinski definition) is 4. The summed E-state index contributed by atoms with van der Waals surface area (Å²) < 4.78 is -0.590. The molecule has 0 spiro atoms. The van der Waals surface area contributed by atoms with Crippen molar-refractivity contribution in [3.8, 4) is 0 Å². The van der Waals surface area contributed by atoms with E-state index in [2.05, 4.69) is 10.3 Å². The Bertz CT molecular complexity index is 1220. The second-order valence-corrected chi connectivity index (χ2v) is 10.1. The molecular formula is C25H24BrN3O2S2. The number of hydrogen-bond donors (Lipinski definition) is 2. The van der Waals surface area contributed by atoms with E-state index in [1.165, 1.54) is 16.7 Å². The number of benzene rings is 3. The van der Waals surface area contributed by atoms with Gasteiger partial charge in [-0.3, -0.25) is 9.59 Å². The van der Waals surface area contributed by atoms with Crippen LogP contribution in [0.3, 0.4) is 0 Å². The fourth-order valence-corrected chi connectivity index (χ4v) is 5.56. The highest BCUT2D eigenvalue weighted by atomic mass is 79.9. The van der Waals surface area contributed by atoms with Crippen molar-refractivity contribution in [2.45, 2.75) is 25.4 Å². The minimum atomic E-state index is -0.590. The van der Waals surface area contributed by atoms with Gasteiger partial charge in [0.2, 0.25) is 0 Å². The maximum Gasteiger partial charge on any atom is 0.315 e. The number of halogens is 1. The molecule has 3 aromatic rings. The molecule has 0 bridgehead atoms. The smallest absolute Gasteiger partial charge is 0.315 e. The first kappa shape index (κ1) is 25.1. The number of amidine groups is 1. The number of rotatable bonds is 4. The largest absolute Gasteiger partial charge is 1.00 e. The number of anilines is 2. The first-order valence-corrected chi connectivity index (χ1v) is 12.0. The van der Waals surface area contributed by atoms with E-state index in [0.29, 0.717) is 10.9 Å². The normalized spacial score (nSPS) is 16.0. The molecule has 33 heavy (non-hydrogen) atoms. The highest BCUT2D eigenvalue weighted by Gasteiger charge is 2.43. The quantitative estimate of drug-likeness (QED) is 0.389. The van der Waals surface area contributed by atoms with Crippen LogP contribution in [0.4, 0.5) is 21.9 Å². The molecule has 1 fully saturated rings. The van der Waals surface area contributed by atoms with Crippen molar-refractivity contribution in [3.63, 3.8) is 0 Å². The highest BCUT2D eigenvalue weighted by Crippen LogP contribution is 2.38. The molecule has 170 valence electrons. The van der Waals surface area contributed by atoms with Gasteiger partial charge in [-0.25, -0.2) is 15.2 Å². The van der Waals surface area contributed by atoms with Crippen molar-refractivity contribution >= 4 is 56.9 Å². The van der Waals surface area contributed by atoms with Gasteiger partial charge in [0.05, 0.1) is 5.69 Å². The molecule has 3 aromatic carbocycles. The molecule has 0 radical (unpaired) electrons. The van der Waals surface area contributed by atoms with Crippen LogP contribution in [-0.4, -0.2) is 20.9 Å². The topological polar surface area (TPSA) is 63.4 Å². The second kappa shape index (κ2) is 11.0. The van der Waals surface area contributed by atoms with Gasteiger partial charge in [-0.15, -0.1) is 0 Å². The summed E-state index contributed by atoms with van der Waals surface area (Å²) in [6.45, 7) is 6.00. The van der Waals surface area contributed by atoms with Gasteiger partial charge in [-0.1, -0.05) is 36.4 Å². The van der Waals surface area contributed by atoms with Crippen LogP contribution in [0.15, 0.2) is 72.8 Å². The molecule has 1 saturated heterocycles. The monoisotopic (exact) mass is 541 g/mol. The van der Waals surface area contributed by atoms with E-state index in [1.54, 1.807) is 6.07 Å². The van der Waals surface area contributed by atoms with Gasteiger partial charge in [0.1, 0.15) is 11.4 Å². The molecule has 0 aliphatic carbocycles. The molecule has 2 N–H and O–H groups in total. The maximum absolute atomic E-state index is 13.2. The zero-order valence-corrected chi connectivity index (χ0v) is 21.7. The molecule has 1 aliphatic rings. The summed E-state index contributed by atoms with van der Waals surface area (Å²) in [5.74, 6) is -0.231. The number of imide groups is 1. The number of nitrogens with one attached hydrogen (secondary N) is 2. The summed E-state index contributed by atoms with van der Waals surface area (Å²) in [5.41, 5.74) is 5.67. The van der Waals surface area contributed by atoms with Gasteiger partial charge in [-0.2, -0.15) is 0 Å². The van der Waals surface area contributed by atoms with Crippen LogP contribution in [0.2, 0.25) is 0 Å². The lowest BCUT2D eigenvalue weighted by Crippen LogP contribution is -3.00. The van der Waals surface area contributed by atoms with Gasteiger partial charge < -0.3 is 17.0 Å². The minimum absolute atomic E-state index is 0. The summed E-state index contributed by atoms with van der Waals surface area (Å²) in [4.78, 5) is 30.5. The summed E-state index contributed by atoms with van der Waals surface area (Å²) in [6, 6.07) is 23.5. The number of nitrogens with zero attached hydrogens (tertiary/aromatic N) is 1. The van der Waals surface area contributed by atoms with E-state index in [-0.39, 0.29) is 28.1 Å². The zero-order chi connectivity index (χ0) is 22.7. The van der Waals surface area contributed by atoms with E-state index in [1.807, 2.05) is 87.5 Å². The molecule has 0 aromatic heterocycles. The lowest BCUT2D eigenvalue weighted by molar-refractivity contribution is -0.350. The predicted molar refractivity (Wildman–Crippen MR) is 135 cm³/mol. The van der Waals surface area contributed by atoms with E-state index < -0.39 is 4.58 Å². The molecule has 5 nitrogen and oxygen atoms in total. The number of carbonyl (C=O) groups excluding carboxylic acids is 2. The average Bonchev–Trinajstić information content (AvgIpc) is 3.01. The Balaban J connectivity index is 0.00000306. The van der Waals surface area contributed by atoms with Crippen LogP contribution in [0.1, 0.15) is 16.7 Å². The van der Waals surface area contributed by atoms with E-state index in [9.17, 15) is 9.59 Å². The number of aryl methyl sites for hydroxylation is 3. The maximum atomic E-state index is 13.2. The lowest BCUT2D eigenvalue weighted by atomic mass is 10.2. The van der Waals surface area contributed by atoms with Crippen LogP contribution in [0.5, 0.6) is 0 Å². The first-order chi connectivity index (χ1) is 15.4. The van der Waals surface area contributed by atoms with Crippen LogP contribution in [-0.2, 0) is 4.79 Å². The summed E-state index contributed by atoms with van der Waals surface area (Å²) in [7, 11) is 0. The van der Waals surface area contributed by atoms with Crippen LogP contribution >= 0.6 is 23.5 Å². The SMILES string of the molecule is Cc1cccc(NC(=[NH+]c2cccc(C)c2)SC2SC(=O)N(c3cccc(C)c3)C2=O)c1.[Br-]. The Kier molecular flexibility index (Phi) is 8.40. The summed E-state index contributed by atoms with van der Waals surface area (Å²) >= 11 is 2.35. The zero-order valence-electron chi connectivity index (χ0n) is 18.5. The molecule has 2 amide bonds. The van der Waals surface area contributed by atoms with Crippen molar-refractivity contribution in [1.29, 1.82) is 0 Å². The Morgan fingerprint density at radius 1 is 0.909 bits per heavy atom. The van der Waals surface area contributed by atoms with Crippen LogP contribution in [0.25, 0.3) is 0 Å². The van der Waals surface area contributed by atoms with Crippen molar-refractivity contribution in [2.75, 3.05) is 10.2 Å². The molecule has 0 saturated carbocycles. The lowest BCUT2D eigenvalue weighted by Gasteiger charge is -2.14. The fraction of sp³-hybridized carbons (Fsp3) is 0.160. The third-order valence-corrected chi connectivity index (χ3v) is 7.08. The van der Waals surface area contributed by atoms with Crippen molar-refractivity contribution < 1.29 is 31.6 Å². The first-order valence-electron chi connectivity index (χ1n) is 10.2. The molecular weight excluding hydrogens is 518 g/mol. The van der Waals surface area contributed by atoms with Crippen molar-refractivity contribution in [3.05, 3.63) is 89.5 Å². The molecule has 1 unspecified atom stereocenters. The van der Waals surface area contributed by atoms with Crippen molar-refractivity contribution in [1.82, 2.24) is 0 Å². The van der Waals surface area contributed by atoms with Gasteiger partial charge >= 0.3 is 5.17 Å². The third kappa shape index (κ3) is 6.28. The van der Waals surface area contributed by atoms with E-state index in [0.717, 1.165) is 39.8 Å². The van der Waals surface area contributed by atoms with Crippen molar-refractivity contribution in [2.24, 2.45) is 0 Å². The highest BCUT2D eigenvalue weighted by molar-refractivity contribution is 8.31. The number of amides is 2. The Morgan fingerprint density at radius 3 is 2.21 bits per heavy atom. The molecule has 1 atom stereocenters. The predicted octanol–water partition coefficient (Wildman–Crippen LogP) is 1.76. The standard InChI is InChI=1S/C25H23N3O2S2.BrH/c1-16-7-4-10-19(13-16)26-24(27-20-11-5-8-17(2)14-20)31-23-22(29)28(25(30)32-23)21-12-6-9-18(3)15-21;/h4-15,23H,1-3H3,(H,26,27);1H. The third-order valence-electron chi connectivity index (χ3n) is 4.85. The number of thioether (sulfide) groups is 2. The molecule has 1 heterocycles.